The van der Waals surface area contributed by atoms with Crippen molar-refractivity contribution in [2.24, 2.45) is 5.92 Å². The van der Waals surface area contributed by atoms with Gasteiger partial charge in [-0.15, -0.1) is 0 Å². The Labute approximate surface area is 144 Å². The normalized spacial score (nSPS) is 40.6. The van der Waals surface area contributed by atoms with Crippen molar-refractivity contribution in [1.82, 2.24) is 0 Å². The molecule has 2 rings (SSSR count). The third-order valence-corrected chi connectivity index (χ3v) is 5.53. The van der Waals surface area contributed by atoms with Gasteiger partial charge in [0.2, 0.25) is 0 Å². The molecule has 4 heteroatoms. The molecule has 2 aliphatic rings. The van der Waals surface area contributed by atoms with Crippen LogP contribution in [0.15, 0.2) is 35.5 Å². The van der Waals surface area contributed by atoms with E-state index < -0.39 is 23.8 Å². The number of fused-ring (bicyclic) bond motifs is 3. The van der Waals surface area contributed by atoms with Crippen molar-refractivity contribution in [2.45, 2.75) is 77.1 Å². The molecule has 1 aliphatic carbocycles. The van der Waals surface area contributed by atoms with E-state index in [2.05, 4.69) is 12.7 Å². The molecule has 0 saturated carbocycles. The van der Waals surface area contributed by atoms with Crippen LogP contribution in [0, 0.1) is 5.92 Å². The minimum absolute atomic E-state index is 0.120. The third-order valence-electron chi connectivity index (χ3n) is 5.53. The minimum Gasteiger partial charge on any atom is -0.453 e. The van der Waals surface area contributed by atoms with Gasteiger partial charge in [0.05, 0.1) is 12.2 Å². The average molecular weight is 334 g/mol. The Morgan fingerprint density at radius 2 is 1.96 bits per heavy atom. The molecule has 1 fully saturated rings. The molecule has 0 spiro atoms. The van der Waals surface area contributed by atoms with E-state index in [0.717, 1.165) is 18.4 Å². The Morgan fingerprint density at radius 3 is 2.67 bits per heavy atom. The van der Waals surface area contributed by atoms with Gasteiger partial charge >= 0.3 is 5.97 Å². The maximum absolute atomic E-state index is 12.4. The lowest BCUT2D eigenvalue weighted by Gasteiger charge is -2.33. The van der Waals surface area contributed by atoms with Gasteiger partial charge in [0.25, 0.3) is 0 Å². The lowest BCUT2D eigenvalue weighted by Crippen LogP contribution is -2.43. The van der Waals surface area contributed by atoms with E-state index in [9.17, 15) is 15.0 Å². The zero-order valence-electron chi connectivity index (χ0n) is 15.0. The maximum atomic E-state index is 12.4. The first-order valence-electron chi connectivity index (χ1n) is 8.83. The van der Waals surface area contributed by atoms with Gasteiger partial charge in [-0.25, -0.2) is 4.79 Å². The standard InChI is InChI=1S/C20H30O4/c1-13-6-5-7-14(2)17(21)12-16-10-11-20(4,18(22)9-8-13)24-19(23)15(16)3/h6-7,16-18,21-22H,3,5,8-12H2,1-2,4H3/b13-6-,14-7+/t16-,17+,18+,20-/m0/s1. The van der Waals surface area contributed by atoms with Crippen molar-refractivity contribution >= 4 is 5.97 Å². The smallest absolute Gasteiger partial charge is 0.334 e. The van der Waals surface area contributed by atoms with Crippen LogP contribution in [0.25, 0.3) is 0 Å². The van der Waals surface area contributed by atoms with E-state index in [0.29, 0.717) is 31.3 Å². The van der Waals surface area contributed by atoms with E-state index in [1.807, 2.05) is 19.9 Å². The second-order valence-corrected chi connectivity index (χ2v) is 7.50. The van der Waals surface area contributed by atoms with Gasteiger partial charge in [-0.05, 0) is 70.8 Å². The first-order valence-corrected chi connectivity index (χ1v) is 8.83. The van der Waals surface area contributed by atoms with Crippen LogP contribution in [-0.4, -0.2) is 34.0 Å². The van der Waals surface area contributed by atoms with Crippen molar-refractivity contribution < 1.29 is 19.7 Å². The van der Waals surface area contributed by atoms with Crippen LogP contribution >= 0.6 is 0 Å². The Hall–Kier alpha value is -1.39. The van der Waals surface area contributed by atoms with Crippen LogP contribution in [0.2, 0.25) is 0 Å². The number of carbonyl (C=O) groups is 1. The number of hydrogen-bond acceptors (Lipinski definition) is 4. The summed E-state index contributed by atoms with van der Waals surface area (Å²) in [6, 6.07) is 0. The molecule has 1 saturated heterocycles. The lowest BCUT2D eigenvalue weighted by molar-refractivity contribution is -0.165. The number of hydrogen-bond donors (Lipinski definition) is 2. The van der Waals surface area contributed by atoms with Crippen LogP contribution in [0.1, 0.15) is 59.3 Å². The van der Waals surface area contributed by atoms with Crippen LogP contribution in [0.3, 0.4) is 0 Å². The summed E-state index contributed by atoms with van der Waals surface area (Å²) in [6.45, 7) is 9.66. The van der Waals surface area contributed by atoms with Gasteiger partial charge in [-0.3, -0.25) is 0 Å². The predicted molar refractivity (Wildman–Crippen MR) is 94.4 cm³/mol. The van der Waals surface area contributed by atoms with Gasteiger partial charge < -0.3 is 14.9 Å². The first-order chi connectivity index (χ1) is 11.2. The van der Waals surface area contributed by atoms with Crippen molar-refractivity contribution in [3.63, 3.8) is 0 Å². The first kappa shape index (κ1) is 18.9. The fourth-order valence-corrected chi connectivity index (χ4v) is 3.43. The molecule has 0 radical (unpaired) electrons. The fourth-order valence-electron chi connectivity index (χ4n) is 3.43. The SMILES string of the molecule is C=C1C(=O)O[C@@]2(C)CC[C@H]1C[C@@H](O)/C(C)=C/C/C=C(/C)CC[C@H]2O. The van der Waals surface area contributed by atoms with Crippen LogP contribution in [0.4, 0.5) is 0 Å². The Kier molecular flexibility index (Phi) is 6.05. The summed E-state index contributed by atoms with van der Waals surface area (Å²) in [6.07, 6.45) is 6.65. The van der Waals surface area contributed by atoms with E-state index in [1.54, 1.807) is 6.92 Å². The molecule has 2 N–H and O–H groups in total. The number of rotatable bonds is 0. The molecule has 0 aromatic rings. The highest BCUT2D eigenvalue weighted by Gasteiger charge is 2.41. The van der Waals surface area contributed by atoms with E-state index in [1.165, 1.54) is 5.57 Å². The molecule has 0 aromatic carbocycles. The molecule has 24 heavy (non-hydrogen) atoms. The zero-order chi connectivity index (χ0) is 17.9. The zero-order valence-corrected chi connectivity index (χ0v) is 15.0. The van der Waals surface area contributed by atoms with Crippen LogP contribution in [0.5, 0.6) is 0 Å². The summed E-state index contributed by atoms with van der Waals surface area (Å²) in [5.41, 5.74) is 1.62. The maximum Gasteiger partial charge on any atom is 0.334 e. The summed E-state index contributed by atoms with van der Waals surface area (Å²) in [4.78, 5) is 12.4. The number of allylic oxidation sites excluding steroid dienone is 3. The molecule has 4 nitrogen and oxygen atoms in total. The molecular formula is C20H30O4. The molecular weight excluding hydrogens is 304 g/mol. The number of carbonyl (C=O) groups excluding carboxylic acids is 1. The summed E-state index contributed by atoms with van der Waals surface area (Å²) in [5, 5.41) is 21.1. The summed E-state index contributed by atoms with van der Waals surface area (Å²) in [7, 11) is 0. The highest BCUT2D eigenvalue weighted by Crippen LogP contribution is 2.37. The Bertz CT molecular complexity index is 560. The largest absolute Gasteiger partial charge is 0.453 e. The number of ether oxygens (including phenoxy) is 1. The Balaban J connectivity index is 2.33. The highest BCUT2D eigenvalue weighted by atomic mass is 16.6. The van der Waals surface area contributed by atoms with Gasteiger partial charge in [-0.2, -0.15) is 0 Å². The molecule has 134 valence electrons. The fraction of sp³-hybridized carbons (Fsp3) is 0.650. The highest BCUT2D eigenvalue weighted by molar-refractivity contribution is 5.89. The van der Waals surface area contributed by atoms with Crippen molar-refractivity contribution in [1.29, 1.82) is 0 Å². The van der Waals surface area contributed by atoms with Gasteiger partial charge in [0.15, 0.2) is 0 Å². The topological polar surface area (TPSA) is 66.8 Å². The molecule has 0 unspecified atom stereocenters. The van der Waals surface area contributed by atoms with Gasteiger partial charge in [0, 0.05) is 5.57 Å². The number of aliphatic hydroxyl groups is 2. The van der Waals surface area contributed by atoms with E-state index >= 15 is 0 Å². The molecule has 4 atom stereocenters. The minimum atomic E-state index is -0.894. The van der Waals surface area contributed by atoms with Crippen molar-refractivity contribution in [3.05, 3.63) is 35.5 Å². The van der Waals surface area contributed by atoms with E-state index in [4.69, 9.17) is 4.74 Å². The second-order valence-electron chi connectivity index (χ2n) is 7.50. The van der Waals surface area contributed by atoms with E-state index in [-0.39, 0.29) is 5.92 Å². The van der Waals surface area contributed by atoms with Gasteiger partial charge in [-0.1, -0.05) is 24.3 Å². The van der Waals surface area contributed by atoms with Gasteiger partial charge in [0.1, 0.15) is 5.60 Å². The third kappa shape index (κ3) is 4.37. The average Bonchev–Trinajstić information content (AvgIpc) is 2.64. The molecule has 1 aliphatic heterocycles. The monoisotopic (exact) mass is 334 g/mol. The quantitative estimate of drug-likeness (QED) is 0.404. The van der Waals surface area contributed by atoms with Crippen LogP contribution < -0.4 is 0 Å². The van der Waals surface area contributed by atoms with Crippen molar-refractivity contribution in [2.75, 3.05) is 0 Å². The molecule has 0 aromatic heterocycles. The molecule has 0 amide bonds. The predicted octanol–water partition coefficient (Wildman–Crippen LogP) is 3.44. The molecule has 1 heterocycles. The Morgan fingerprint density at radius 1 is 1.25 bits per heavy atom. The molecule has 2 bridgehead atoms. The number of esters is 1. The van der Waals surface area contributed by atoms with Crippen LogP contribution in [-0.2, 0) is 9.53 Å². The summed E-state index contributed by atoms with van der Waals surface area (Å²) in [5.74, 6) is -0.569. The number of aliphatic hydroxyl groups excluding tert-OH is 2. The summed E-state index contributed by atoms with van der Waals surface area (Å²) >= 11 is 0. The second kappa shape index (κ2) is 7.66. The summed E-state index contributed by atoms with van der Waals surface area (Å²) < 4.78 is 5.62. The van der Waals surface area contributed by atoms with Crippen molar-refractivity contribution in [3.8, 4) is 0 Å². The lowest BCUT2D eigenvalue weighted by atomic mass is 9.83.